The number of aryl methyl sites for hydroxylation is 1. The maximum atomic E-state index is 12.1. The highest BCUT2D eigenvalue weighted by Gasteiger charge is 2.15. The summed E-state index contributed by atoms with van der Waals surface area (Å²) in [7, 11) is 0. The van der Waals surface area contributed by atoms with Crippen LogP contribution in [0.4, 0.5) is 5.69 Å². The van der Waals surface area contributed by atoms with Gasteiger partial charge in [0.15, 0.2) is 6.10 Å². The molecule has 2 aromatic carbocycles. The van der Waals surface area contributed by atoms with Crippen molar-refractivity contribution < 1.29 is 9.53 Å². The SMILES string of the molecule is CCc1cccc(OC(C)C(=O)Nc2cccc(Br)c2)c1. The van der Waals surface area contributed by atoms with E-state index in [4.69, 9.17) is 4.74 Å². The Morgan fingerprint density at radius 2 is 2.00 bits per heavy atom. The number of halogens is 1. The molecule has 4 heteroatoms. The lowest BCUT2D eigenvalue weighted by molar-refractivity contribution is -0.122. The van der Waals surface area contributed by atoms with Gasteiger partial charge in [0.05, 0.1) is 0 Å². The van der Waals surface area contributed by atoms with E-state index in [-0.39, 0.29) is 5.91 Å². The van der Waals surface area contributed by atoms with E-state index in [9.17, 15) is 4.79 Å². The van der Waals surface area contributed by atoms with Crippen LogP contribution in [0.3, 0.4) is 0 Å². The number of hydrogen-bond donors (Lipinski definition) is 1. The number of benzene rings is 2. The zero-order valence-corrected chi connectivity index (χ0v) is 13.7. The Morgan fingerprint density at radius 1 is 1.24 bits per heavy atom. The summed E-state index contributed by atoms with van der Waals surface area (Å²) in [5.41, 5.74) is 1.93. The fourth-order valence-corrected chi connectivity index (χ4v) is 2.31. The van der Waals surface area contributed by atoms with Crippen molar-refractivity contribution in [3.8, 4) is 5.75 Å². The van der Waals surface area contributed by atoms with Crippen LogP contribution < -0.4 is 10.1 Å². The van der Waals surface area contributed by atoms with Crippen LogP contribution in [0.1, 0.15) is 19.4 Å². The average Bonchev–Trinajstić information content (AvgIpc) is 2.47. The quantitative estimate of drug-likeness (QED) is 0.869. The number of nitrogens with one attached hydrogen (secondary N) is 1. The summed E-state index contributed by atoms with van der Waals surface area (Å²) >= 11 is 3.38. The molecule has 1 amide bonds. The van der Waals surface area contributed by atoms with E-state index in [1.165, 1.54) is 5.56 Å². The maximum absolute atomic E-state index is 12.1. The number of anilines is 1. The summed E-state index contributed by atoms with van der Waals surface area (Å²) < 4.78 is 6.62. The van der Waals surface area contributed by atoms with Crippen LogP contribution in [0.15, 0.2) is 53.0 Å². The molecule has 0 fully saturated rings. The Labute approximate surface area is 133 Å². The van der Waals surface area contributed by atoms with E-state index in [0.717, 1.165) is 16.6 Å². The summed E-state index contributed by atoms with van der Waals surface area (Å²) in [6.07, 6.45) is 0.381. The number of amides is 1. The Morgan fingerprint density at radius 3 is 2.71 bits per heavy atom. The first kappa shape index (κ1) is 15.6. The summed E-state index contributed by atoms with van der Waals surface area (Å²) in [5, 5.41) is 2.84. The third-order valence-corrected chi connectivity index (χ3v) is 3.57. The molecule has 0 saturated carbocycles. The standard InChI is InChI=1S/C17H18BrNO2/c1-3-13-6-4-9-16(10-13)21-12(2)17(20)19-15-8-5-7-14(18)11-15/h4-12H,3H2,1-2H3,(H,19,20). The molecule has 21 heavy (non-hydrogen) atoms. The second-order valence-electron chi connectivity index (χ2n) is 4.76. The second-order valence-corrected chi connectivity index (χ2v) is 5.68. The first-order valence-corrected chi connectivity index (χ1v) is 7.70. The van der Waals surface area contributed by atoms with Crippen molar-refractivity contribution in [2.75, 3.05) is 5.32 Å². The van der Waals surface area contributed by atoms with Gasteiger partial charge in [-0.1, -0.05) is 41.1 Å². The monoisotopic (exact) mass is 347 g/mol. The first-order chi connectivity index (χ1) is 10.1. The molecule has 0 aromatic heterocycles. The van der Waals surface area contributed by atoms with E-state index >= 15 is 0 Å². The molecule has 1 atom stereocenters. The van der Waals surface area contributed by atoms with Gasteiger partial charge in [-0.25, -0.2) is 0 Å². The molecule has 0 saturated heterocycles. The number of carbonyl (C=O) groups excluding carboxylic acids is 1. The van der Waals surface area contributed by atoms with Gasteiger partial charge in [-0.15, -0.1) is 0 Å². The summed E-state index contributed by atoms with van der Waals surface area (Å²) in [5.74, 6) is 0.543. The highest BCUT2D eigenvalue weighted by Crippen LogP contribution is 2.18. The van der Waals surface area contributed by atoms with E-state index in [2.05, 4.69) is 28.2 Å². The van der Waals surface area contributed by atoms with E-state index < -0.39 is 6.10 Å². The predicted molar refractivity (Wildman–Crippen MR) is 88.7 cm³/mol. The van der Waals surface area contributed by atoms with E-state index in [1.54, 1.807) is 6.92 Å². The van der Waals surface area contributed by atoms with Gasteiger partial charge in [-0.05, 0) is 49.2 Å². The van der Waals surface area contributed by atoms with Crippen LogP contribution in [0.5, 0.6) is 5.75 Å². The van der Waals surface area contributed by atoms with Crippen LogP contribution >= 0.6 is 15.9 Å². The van der Waals surface area contributed by atoms with Crippen LogP contribution in [0.2, 0.25) is 0 Å². The van der Waals surface area contributed by atoms with Gasteiger partial charge in [-0.2, -0.15) is 0 Å². The van der Waals surface area contributed by atoms with Gasteiger partial charge in [0.2, 0.25) is 0 Å². The lowest BCUT2D eigenvalue weighted by atomic mass is 10.2. The molecule has 0 radical (unpaired) electrons. The minimum Gasteiger partial charge on any atom is -0.481 e. The first-order valence-electron chi connectivity index (χ1n) is 6.90. The maximum Gasteiger partial charge on any atom is 0.265 e. The molecule has 3 nitrogen and oxygen atoms in total. The molecule has 1 unspecified atom stereocenters. The zero-order chi connectivity index (χ0) is 15.2. The number of hydrogen-bond acceptors (Lipinski definition) is 2. The van der Waals surface area contributed by atoms with E-state index in [0.29, 0.717) is 5.75 Å². The zero-order valence-electron chi connectivity index (χ0n) is 12.1. The van der Waals surface area contributed by atoms with Gasteiger partial charge in [0.25, 0.3) is 5.91 Å². The molecule has 0 spiro atoms. The molecular formula is C17H18BrNO2. The highest BCUT2D eigenvalue weighted by atomic mass is 79.9. The normalized spacial score (nSPS) is 11.8. The van der Waals surface area contributed by atoms with Crippen molar-refractivity contribution >= 4 is 27.5 Å². The number of carbonyl (C=O) groups is 1. The third kappa shape index (κ3) is 4.60. The van der Waals surface area contributed by atoms with Crippen molar-refractivity contribution in [3.05, 3.63) is 58.6 Å². The molecule has 0 bridgehead atoms. The molecule has 110 valence electrons. The van der Waals surface area contributed by atoms with Crippen molar-refractivity contribution in [3.63, 3.8) is 0 Å². The van der Waals surface area contributed by atoms with Crippen LogP contribution in [-0.4, -0.2) is 12.0 Å². The fourth-order valence-electron chi connectivity index (χ4n) is 1.91. The van der Waals surface area contributed by atoms with Gasteiger partial charge >= 0.3 is 0 Å². The second kappa shape index (κ2) is 7.27. The molecular weight excluding hydrogens is 330 g/mol. The van der Waals surface area contributed by atoms with Gasteiger partial charge in [0.1, 0.15) is 5.75 Å². The predicted octanol–water partition coefficient (Wildman–Crippen LogP) is 4.42. The Hall–Kier alpha value is -1.81. The summed E-state index contributed by atoms with van der Waals surface area (Å²) in [6, 6.07) is 15.3. The van der Waals surface area contributed by atoms with Crippen LogP contribution in [0.25, 0.3) is 0 Å². The van der Waals surface area contributed by atoms with Gasteiger partial charge in [-0.3, -0.25) is 4.79 Å². The lowest BCUT2D eigenvalue weighted by Gasteiger charge is -2.15. The lowest BCUT2D eigenvalue weighted by Crippen LogP contribution is -2.30. The molecule has 0 heterocycles. The average molecular weight is 348 g/mol. The van der Waals surface area contributed by atoms with Crippen molar-refractivity contribution in [2.24, 2.45) is 0 Å². The van der Waals surface area contributed by atoms with E-state index in [1.807, 2.05) is 48.5 Å². The topological polar surface area (TPSA) is 38.3 Å². The number of rotatable bonds is 5. The molecule has 0 aliphatic rings. The molecule has 2 rings (SSSR count). The summed E-state index contributed by atoms with van der Waals surface area (Å²) in [4.78, 5) is 12.1. The molecule has 1 N–H and O–H groups in total. The van der Waals surface area contributed by atoms with Gasteiger partial charge < -0.3 is 10.1 Å². The van der Waals surface area contributed by atoms with Crippen molar-refractivity contribution in [1.29, 1.82) is 0 Å². The smallest absolute Gasteiger partial charge is 0.265 e. The Bertz CT molecular complexity index is 628. The van der Waals surface area contributed by atoms with Crippen LogP contribution in [0, 0.1) is 0 Å². The van der Waals surface area contributed by atoms with Crippen molar-refractivity contribution in [2.45, 2.75) is 26.4 Å². The third-order valence-electron chi connectivity index (χ3n) is 3.08. The Kier molecular flexibility index (Phi) is 5.39. The number of ether oxygens (including phenoxy) is 1. The minimum atomic E-state index is -0.559. The molecule has 2 aromatic rings. The minimum absolute atomic E-state index is 0.171. The van der Waals surface area contributed by atoms with Crippen molar-refractivity contribution in [1.82, 2.24) is 0 Å². The van der Waals surface area contributed by atoms with Crippen LogP contribution in [-0.2, 0) is 11.2 Å². The highest BCUT2D eigenvalue weighted by molar-refractivity contribution is 9.10. The summed E-state index contributed by atoms with van der Waals surface area (Å²) in [6.45, 7) is 3.83. The van der Waals surface area contributed by atoms with Gasteiger partial charge in [0, 0.05) is 10.2 Å². The molecule has 0 aliphatic heterocycles. The largest absolute Gasteiger partial charge is 0.481 e. The molecule has 0 aliphatic carbocycles. The fraction of sp³-hybridized carbons (Fsp3) is 0.235. The Balaban J connectivity index is 1.99.